The summed E-state index contributed by atoms with van der Waals surface area (Å²) >= 11 is 1.45. The van der Waals surface area contributed by atoms with Crippen molar-refractivity contribution in [3.05, 3.63) is 61.8 Å². The van der Waals surface area contributed by atoms with Crippen molar-refractivity contribution in [3.8, 4) is 0 Å². The van der Waals surface area contributed by atoms with E-state index in [9.17, 15) is 20.0 Å². The number of nitrogens with zero attached hydrogens (tertiary/aromatic N) is 1. The number of hydrogen-bond acceptors (Lipinski definition) is 5. The molecule has 0 bridgehead atoms. The fourth-order valence-electron chi connectivity index (χ4n) is 2.01. The van der Waals surface area contributed by atoms with Crippen molar-refractivity contribution in [1.82, 2.24) is 5.32 Å². The number of benzene rings is 1. The number of carbonyl (C=O) groups is 1. The van der Waals surface area contributed by atoms with Crippen LogP contribution in [0.25, 0.3) is 0 Å². The van der Waals surface area contributed by atoms with Gasteiger partial charge in [-0.1, -0.05) is 12.1 Å². The van der Waals surface area contributed by atoms with Gasteiger partial charge in [-0.15, -0.1) is 11.3 Å². The third-order valence-electron chi connectivity index (χ3n) is 3.21. The number of nitrogens with one attached hydrogen (secondary N) is 1. The molecule has 1 amide bonds. The molecule has 1 heterocycles. The number of hydrogen-bond donors (Lipinski definition) is 2. The van der Waals surface area contributed by atoms with Crippen molar-refractivity contribution in [2.75, 3.05) is 6.54 Å². The van der Waals surface area contributed by atoms with Crippen LogP contribution in [0.15, 0.2) is 35.7 Å². The molecule has 22 heavy (non-hydrogen) atoms. The molecule has 0 radical (unpaired) electrons. The Balaban J connectivity index is 1.85. The van der Waals surface area contributed by atoms with Crippen LogP contribution in [0, 0.1) is 17.0 Å². The molecule has 2 rings (SSSR count). The first-order valence-electron chi connectivity index (χ1n) is 6.69. The van der Waals surface area contributed by atoms with Crippen molar-refractivity contribution in [2.45, 2.75) is 19.4 Å². The van der Waals surface area contributed by atoms with Gasteiger partial charge in [-0.3, -0.25) is 14.9 Å². The van der Waals surface area contributed by atoms with Crippen LogP contribution in [-0.2, 0) is 11.2 Å². The van der Waals surface area contributed by atoms with Crippen LogP contribution in [0.4, 0.5) is 5.69 Å². The highest BCUT2D eigenvalue weighted by Crippen LogP contribution is 2.23. The highest BCUT2D eigenvalue weighted by Gasteiger charge is 2.13. The van der Waals surface area contributed by atoms with E-state index in [0.717, 1.165) is 10.4 Å². The number of rotatable bonds is 6. The average molecular weight is 320 g/mol. The van der Waals surface area contributed by atoms with Crippen LogP contribution in [0.5, 0.6) is 0 Å². The number of non-ortho nitro benzene ring substituents is 1. The maximum atomic E-state index is 11.8. The Hall–Kier alpha value is -2.25. The van der Waals surface area contributed by atoms with Gasteiger partial charge in [0.25, 0.3) is 5.69 Å². The van der Waals surface area contributed by atoms with E-state index < -0.39 is 11.0 Å². The SMILES string of the molecule is Cc1ccsc1C(O)CNC(=O)Cc1ccc([N+](=O)[O-])cc1. The number of nitro groups is 1. The largest absolute Gasteiger partial charge is 0.386 e. The summed E-state index contributed by atoms with van der Waals surface area (Å²) in [6.07, 6.45) is -0.602. The first-order valence-corrected chi connectivity index (χ1v) is 7.57. The molecule has 2 N–H and O–H groups in total. The molecule has 2 aromatic rings. The molecular weight excluding hydrogens is 304 g/mol. The molecule has 1 unspecified atom stereocenters. The summed E-state index contributed by atoms with van der Waals surface area (Å²) in [4.78, 5) is 22.7. The third-order valence-corrected chi connectivity index (χ3v) is 4.33. The topological polar surface area (TPSA) is 92.5 Å². The van der Waals surface area contributed by atoms with E-state index in [4.69, 9.17) is 0 Å². The number of carbonyl (C=O) groups excluding carboxylic acids is 1. The molecule has 6 nitrogen and oxygen atoms in total. The molecule has 0 fully saturated rings. The van der Waals surface area contributed by atoms with Crippen LogP contribution in [-0.4, -0.2) is 22.5 Å². The molecule has 1 aromatic heterocycles. The third kappa shape index (κ3) is 4.12. The summed E-state index contributed by atoms with van der Waals surface area (Å²) in [6.45, 7) is 2.06. The highest BCUT2D eigenvalue weighted by molar-refractivity contribution is 7.10. The van der Waals surface area contributed by atoms with Gasteiger partial charge in [-0.2, -0.15) is 0 Å². The monoisotopic (exact) mass is 320 g/mol. The van der Waals surface area contributed by atoms with Crippen LogP contribution in [0.2, 0.25) is 0 Å². The first-order chi connectivity index (χ1) is 10.5. The van der Waals surface area contributed by atoms with Crippen molar-refractivity contribution >= 4 is 22.9 Å². The zero-order valence-electron chi connectivity index (χ0n) is 12.0. The fourth-order valence-corrected chi connectivity index (χ4v) is 2.93. The Kier molecular flexibility index (Phi) is 5.24. The molecule has 0 aliphatic rings. The van der Waals surface area contributed by atoms with Gasteiger partial charge < -0.3 is 10.4 Å². The lowest BCUT2D eigenvalue weighted by Crippen LogP contribution is -2.29. The minimum Gasteiger partial charge on any atom is -0.386 e. The summed E-state index contributed by atoms with van der Waals surface area (Å²) in [7, 11) is 0. The second kappa shape index (κ2) is 7.15. The smallest absolute Gasteiger partial charge is 0.269 e. The molecule has 7 heteroatoms. The number of thiophene rings is 1. The number of aryl methyl sites for hydroxylation is 1. The van der Waals surface area contributed by atoms with E-state index in [1.54, 1.807) is 12.1 Å². The van der Waals surface area contributed by atoms with Gasteiger partial charge in [0.15, 0.2) is 0 Å². The average Bonchev–Trinajstić information content (AvgIpc) is 2.91. The van der Waals surface area contributed by atoms with E-state index in [2.05, 4.69) is 5.32 Å². The zero-order chi connectivity index (χ0) is 16.1. The van der Waals surface area contributed by atoms with Gasteiger partial charge in [0.05, 0.1) is 11.3 Å². The Labute approximate surface area is 131 Å². The molecule has 0 spiro atoms. The number of amides is 1. The Morgan fingerprint density at radius 2 is 2.05 bits per heavy atom. The second-order valence-electron chi connectivity index (χ2n) is 4.89. The quantitative estimate of drug-likeness (QED) is 0.631. The highest BCUT2D eigenvalue weighted by atomic mass is 32.1. The van der Waals surface area contributed by atoms with E-state index in [1.165, 1.54) is 23.5 Å². The summed E-state index contributed by atoms with van der Waals surface area (Å²) in [6, 6.07) is 7.76. The molecule has 0 saturated carbocycles. The van der Waals surface area contributed by atoms with Crippen LogP contribution < -0.4 is 5.32 Å². The second-order valence-corrected chi connectivity index (χ2v) is 5.84. The molecule has 116 valence electrons. The van der Waals surface area contributed by atoms with Crippen LogP contribution >= 0.6 is 11.3 Å². The van der Waals surface area contributed by atoms with Gasteiger partial charge in [-0.25, -0.2) is 0 Å². The molecular formula is C15H16N2O4S. The number of aliphatic hydroxyl groups excluding tert-OH is 1. The standard InChI is InChI=1S/C15H16N2O4S/c1-10-6-7-22-15(10)13(18)9-16-14(19)8-11-2-4-12(5-3-11)17(20)21/h2-7,13,18H,8-9H2,1H3,(H,16,19). The van der Waals surface area contributed by atoms with E-state index in [-0.39, 0.29) is 24.6 Å². The van der Waals surface area contributed by atoms with Gasteiger partial charge in [0, 0.05) is 23.6 Å². The van der Waals surface area contributed by atoms with E-state index in [0.29, 0.717) is 5.56 Å². The number of nitro benzene ring substituents is 1. The molecule has 1 atom stereocenters. The maximum Gasteiger partial charge on any atom is 0.269 e. The first kappa shape index (κ1) is 16.1. The molecule has 0 aliphatic heterocycles. The van der Waals surface area contributed by atoms with Crippen molar-refractivity contribution in [2.24, 2.45) is 0 Å². The molecule has 1 aromatic carbocycles. The normalized spacial score (nSPS) is 11.9. The van der Waals surface area contributed by atoms with Gasteiger partial charge in [-0.05, 0) is 29.5 Å². The van der Waals surface area contributed by atoms with Gasteiger partial charge in [0.1, 0.15) is 6.10 Å². The number of aliphatic hydroxyl groups is 1. The lowest BCUT2D eigenvalue weighted by atomic mass is 10.1. The summed E-state index contributed by atoms with van der Waals surface area (Å²) in [5, 5.41) is 25.1. The Morgan fingerprint density at radius 1 is 1.36 bits per heavy atom. The molecule has 0 aliphatic carbocycles. The Bertz CT molecular complexity index is 666. The summed E-state index contributed by atoms with van der Waals surface area (Å²) < 4.78 is 0. The summed E-state index contributed by atoms with van der Waals surface area (Å²) in [5.41, 5.74) is 1.68. The van der Waals surface area contributed by atoms with Crippen LogP contribution in [0.3, 0.4) is 0 Å². The minimum absolute atomic E-state index is 0.00671. The van der Waals surface area contributed by atoms with Gasteiger partial charge >= 0.3 is 0 Å². The van der Waals surface area contributed by atoms with Crippen molar-refractivity contribution < 1.29 is 14.8 Å². The van der Waals surface area contributed by atoms with E-state index >= 15 is 0 Å². The van der Waals surface area contributed by atoms with Crippen LogP contribution in [0.1, 0.15) is 22.1 Å². The van der Waals surface area contributed by atoms with Gasteiger partial charge in [0.2, 0.25) is 5.91 Å². The fraction of sp³-hybridized carbons (Fsp3) is 0.267. The minimum atomic E-state index is -0.721. The maximum absolute atomic E-state index is 11.8. The predicted molar refractivity (Wildman–Crippen MR) is 83.8 cm³/mol. The predicted octanol–water partition coefficient (Wildman–Crippen LogP) is 2.36. The van der Waals surface area contributed by atoms with E-state index in [1.807, 2.05) is 18.4 Å². The van der Waals surface area contributed by atoms with Crippen molar-refractivity contribution in [3.63, 3.8) is 0 Å². The summed E-state index contributed by atoms with van der Waals surface area (Å²) in [5.74, 6) is -0.234. The lowest BCUT2D eigenvalue weighted by molar-refractivity contribution is -0.384. The lowest BCUT2D eigenvalue weighted by Gasteiger charge is -2.11. The molecule has 0 saturated heterocycles. The van der Waals surface area contributed by atoms with Crippen molar-refractivity contribution in [1.29, 1.82) is 0 Å². The zero-order valence-corrected chi connectivity index (χ0v) is 12.8. The Morgan fingerprint density at radius 3 is 2.59 bits per heavy atom.